The highest BCUT2D eigenvalue weighted by Gasteiger charge is 2.07. The summed E-state index contributed by atoms with van der Waals surface area (Å²) in [6, 6.07) is 5.20. The van der Waals surface area contributed by atoms with Crippen LogP contribution in [0.5, 0.6) is 0 Å². The molecular weight excluding hydrogens is 606 g/mol. The zero-order valence-corrected chi connectivity index (χ0v) is 32.6. The molecule has 0 aromatic heterocycles. The number of hydrogen-bond donors (Lipinski definition) is 3. The van der Waals surface area contributed by atoms with Crippen LogP contribution in [0, 0.1) is 0 Å². The third kappa shape index (κ3) is 35.7. The molecule has 0 fully saturated rings. The molecule has 0 unspecified atom stereocenters. The van der Waals surface area contributed by atoms with Crippen LogP contribution in [0.15, 0.2) is 24.3 Å². The van der Waals surface area contributed by atoms with E-state index in [0.717, 1.165) is 6.07 Å². The average molecular weight is 688 g/mol. The minimum absolute atomic E-state index is 0.0186. The highest BCUT2D eigenvalue weighted by Crippen LogP contribution is 2.15. The third-order valence-electron chi connectivity index (χ3n) is 9.77. The van der Waals surface area contributed by atoms with Crippen LogP contribution in [0.4, 0.5) is 0 Å². The first kappa shape index (κ1) is 47.1. The first-order valence-corrected chi connectivity index (χ1v) is 21.3. The number of unbranched alkanes of at least 4 members (excludes halogenated alkanes) is 30. The first-order valence-electron chi connectivity index (χ1n) is 21.3. The standard InChI is InChI=1S/C36H75N.C8H6O4/c1-3-5-7-9-11-13-15-17-19-21-23-25-27-29-31-33-35-37-36-34-32-30-28-26-24-22-20-18-16-14-12-10-8-6-4-2;9-7(10)5-2-1-3-6(4-5)8(11)12/h37H,3-36H2,1-2H3;1-4H,(H,9,10)(H,11,12). The van der Waals surface area contributed by atoms with Crippen molar-refractivity contribution in [3.63, 3.8) is 0 Å². The predicted molar refractivity (Wildman–Crippen MR) is 212 cm³/mol. The molecule has 0 heterocycles. The maximum atomic E-state index is 10.4. The number of carboxylic acid groups (broad SMARTS) is 2. The van der Waals surface area contributed by atoms with Crippen molar-refractivity contribution in [2.75, 3.05) is 13.1 Å². The number of carbonyl (C=O) groups is 2. The molecule has 0 saturated carbocycles. The van der Waals surface area contributed by atoms with Crippen molar-refractivity contribution in [1.29, 1.82) is 0 Å². The smallest absolute Gasteiger partial charge is 0.335 e. The second kappa shape index (κ2) is 38.9. The van der Waals surface area contributed by atoms with Crippen molar-refractivity contribution in [2.45, 2.75) is 219 Å². The van der Waals surface area contributed by atoms with Crippen LogP contribution >= 0.6 is 0 Å². The van der Waals surface area contributed by atoms with Crippen LogP contribution in [0.3, 0.4) is 0 Å². The fourth-order valence-corrected chi connectivity index (χ4v) is 6.51. The Morgan fingerprint density at radius 1 is 0.408 bits per heavy atom. The van der Waals surface area contributed by atoms with Crippen LogP contribution in [0.25, 0.3) is 0 Å². The Morgan fingerprint density at radius 3 is 0.857 bits per heavy atom. The predicted octanol–water partition coefficient (Wildman–Crippen LogP) is 14.2. The zero-order valence-electron chi connectivity index (χ0n) is 32.6. The van der Waals surface area contributed by atoms with Gasteiger partial charge in [0, 0.05) is 0 Å². The number of benzene rings is 1. The Balaban J connectivity index is 0.00000160. The molecule has 286 valence electrons. The monoisotopic (exact) mass is 688 g/mol. The minimum Gasteiger partial charge on any atom is -0.478 e. The molecule has 49 heavy (non-hydrogen) atoms. The molecular formula is C44H81NO4. The van der Waals surface area contributed by atoms with E-state index in [-0.39, 0.29) is 11.1 Å². The molecule has 1 rings (SSSR count). The van der Waals surface area contributed by atoms with Crippen LogP contribution < -0.4 is 5.32 Å². The number of hydrogen-bond acceptors (Lipinski definition) is 3. The highest BCUT2D eigenvalue weighted by molar-refractivity contribution is 5.93. The summed E-state index contributed by atoms with van der Waals surface area (Å²) in [5, 5.41) is 20.7. The Morgan fingerprint density at radius 2 is 0.633 bits per heavy atom. The Kier molecular flexibility index (Phi) is 37.4. The quantitative estimate of drug-likeness (QED) is 0.0611. The van der Waals surface area contributed by atoms with Gasteiger partial charge in [-0.05, 0) is 44.1 Å². The van der Waals surface area contributed by atoms with Gasteiger partial charge in [0.05, 0.1) is 11.1 Å². The van der Waals surface area contributed by atoms with Gasteiger partial charge in [0.15, 0.2) is 0 Å². The van der Waals surface area contributed by atoms with E-state index < -0.39 is 11.9 Å². The summed E-state index contributed by atoms with van der Waals surface area (Å²) < 4.78 is 0. The van der Waals surface area contributed by atoms with Crippen LogP contribution in [-0.4, -0.2) is 35.2 Å². The molecule has 0 radical (unpaired) electrons. The third-order valence-corrected chi connectivity index (χ3v) is 9.77. The lowest BCUT2D eigenvalue weighted by molar-refractivity contribution is 0.0696. The lowest BCUT2D eigenvalue weighted by Gasteiger charge is -2.06. The topological polar surface area (TPSA) is 86.6 Å². The van der Waals surface area contributed by atoms with Crippen LogP contribution in [0.2, 0.25) is 0 Å². The molecule has 0 spiro atoms. The molecule has 5 heteroatoms. The van der Waals surface area contributed by atoms with Crippen LogP contribution in [-0.2, 0) is 0 Å². The molecule has 0 aliphatic carbocycles. The molecule has 1 aromatic carbocycles. The summed E-state index contributed by atoms with van der Waals surface area (Å²) in [4.78, 5) is 20.8. The zero-order chi connectivity index (χ0) is 35.9. The largest absolute Gasteiger partial charge is 0.478 e. The van der Waals surface area contributed by atoms with Gasteiger partial charge in [0.2, 0.25) is 0 Å². The van der Waals surface area contributed by atoms with E-state index in [4.69, 9.17) is 10.2 Å². The molecule has 1 aromatic rings. The van der Waals surface area contributed by atoms with E-state index in [1.165, 1.54) is 237 Å². The highest BCUT2D eigenvalue weighted by atomic mass is 16.4. The molecule has 0 bridgehead atoms. The molecule has 0 amide bonds. The summed E-state index contributed by atoms with van der Waals surface area (Å²) in [5.41, 5.74) is -0.0372. The van der Waals surface area contributed by atoms with Gasteiger partial charge >= 0.3 is 11.9 Å². The maximum absolute atomic E-state index is 10.4. The summed E-state index contributed by atoms with van der Waals surface area (Å²) in [5.74, 6) is -2.25. The van der Waals surface area contributed by atoms with Crippen molar-refractivity contribution >= 4 is 11.9 Å². The van der Waals surface area contributed by atoms with E-state index in [1.807, 2.05) is 0 Å². The van der Waals surface area contributed by atoms with Gasteiger partial charge in [-0.2, -0.15) is 0 Å². The van der Waals surface area contributed by atoms with E-state index in [2.05, 4.69) is 19.2 Å². The van der Waals surface area contributed by atoms with Crippen molar-refractivity contribution in [2.24, 2.45) is 0 Å². The average Bonchev–Trinajstić information content (AvgIpc) is 3.10. The van der Waals surface area contributed by atoms with Crippen molar-refractivity contribution in [3.8, 4) is 0 Å². The molecule has 0 aliphatic heterocycles. The first-order chi connectivity index (χ1) is 24.0. The Bertz CT molecular complexity index is 779. The second-order valence-electron chi connectivity index (χ2n) is 14.5. The number of aromatic carboxylic acids is 2. The Hall–Kier alpha value is -1.88. The fraction of sp³-hybridized carbons (Fsp3) is 0.818. The van der Waals surface area contributed by atoms with Gasteiger partial charge in [0.25, 0.3) is 0 Å². The lowest BCUT2D eigenvalue weighted by atomic mass is 10.0. The summed E-state index contributed by atoms with van der Waals surface area (Å²) >= 11 is 0. The van der Waals surface area contributed by atoms with Gasteiger partial charge in [-0.25, -0.2) is 9.59 Å². The summed E-state index contributed by atoms with van der Waals surface area (Å²) in [6.07, 6.45) is 46.7. The second-order valence-corrected chi connectivity index (χ2v) is 14.5. The lowest BCUT2D eigenvalue weighted by Crippen LogP contribution is -2.16. The van der Waals surface area contributed by atoms with E-state index in [0.29, 0.717) is 0 Å². The van der Waals surface area contributed by atoms with Crippen molar-refractivity contribution in [1.82, 2.24) is 5.32 Å². The molecule has 3 N–H and O–H groups in total. The number of nitrogens with one attached hydrogen (secondary N) is 1. The number of carboxylic acids is 2. The van der Waals surface area contributed by atoms with Gasteiger partial charge in [0.1, 0.15) is 0 Å². The van der Waals surface area contributed by atoms with Gasteiger partial charge in [-0.3, -0.25) is 0 Å². The Labute approximate surface area is 304 Å². The van der Waals surface area contributed by atoms with E-state index in [1.54, 1.807) is 0 Å². The van der Waals surface area contributed by atoms with E-state index >= 15 is 0 Å². The van der Waals surface area contributed by atoms with Gasteiger partial charge in [-0.1, -0.05) is 213 Å². The van der Waals surface area contributed by atoms with Gasteiger partial charge < -0.3 is 15.5 Å². The van der Waals surface area contributed by atoms with E-state index in [9.17, 15) is 9.59 Å². The van der Waals surface area contributed by atoms with Gasteiger partial charge in [-0.15, -0.1) is 0 Å². The molecule has 0 aliphatic rings. The minimum atomic E-state index is -1.13. The molecule has 0 atom stereocenters. The van der Waals surface area contributed by atoms with Crippen molar-refractivity contribution < 1.29 is 19.8 Å². The normalized spacial score (nSPS) is 11.0. The van der Waals surface area contributed by atoms with Crippen LogP contribution in [0.1, 0.15) is 240 Å². The maximum Gasteiger partial charge on any atom is 0.335 e. The summed E-state index contributed by atoms with van der Waals surface area (Å²) in [7, 11) is 0. The number of rotatable bonds is 36. The fourth-order valence-electron chi connectivity index (χ4n) is 6.51. The summed E-state index contributed by atoms with van der Waals surface area (Å²) in [6.45, 7) is 7.11. The SMILES string of the molecule is CCCCCCCCCCCCCCCCCCNCCCCCCCCCCCCCCCCCC.O=C(O)c1cccc(C(=O)O)c1. The van der Waals surface area contributed by atoms with Crippen molar-refractivity contribution in [3.05, 3.63) is 35.4 Å². The molecule has 5 nitrogen and oxygen atoms in total. The molecule has 0 saturated heterocycles.